The van der Waals surface area contributed by atoms with Crippen LogP contribution in [0.5, 0.6) is 0 Å². The van der Waals surface area contributed by atoms with Crippen molar-refractivity contribution in [3.63, 3.8) is 0 Å². The molecule has 0 aliphatic carbocycles. The lowest BCUT2D eigenvalue weighted by molar-refractivity contribution is 0.0257. The molecule has 1 saturated heterocycles. The zero-order valence-corrected chi connectivity index (χ0v) is 16.1. The molecule has 0 aromatic heterocycles. The molecule has 1 N–H and O–H groups in total. The molecule has 0 aromatic carbocycles. The Hall–Kier alpha value is -0.810. The van der Waals surface area contributed by atoms with Crippen LogP contribution in [0, 0.1) is 5.92 Å². The first-order valence-electron chi connectivity index (χ1n) is 9.38. The second-order valence-electron chi connectivity index (χ2n) is 6.61. The number of nitrogens with one attached hydrogen (secondary N) is 1. The predicted octanol–water partition coefficient (Wildman–Crippen LogP) is 2.43. The van der Waals surface area contributed by atoms with Gasteiger partial charge in [0.2, 0.25) is 0 Å². The summed E-state index contributed by atoms with van der Waals surface area (Å²) in [5.41, 5.74) is 0. The number of likely N-dealkylation sites (tertiary alicyclic amines) is 1. The molecule has 0 amide bonds. The van der Waals surface area contributed by atoms with Gasteiger partial charge in [0.25, 0.3) is 0 Å². The van der Waals surface area contributed by atoms with Gasteiger partial charge in [-0.1, -0.05) is 27.7 Å². The van der Waals surface area contributed by atoms with Crippen molar-refractivity contribution >= 4 is 5.96 Å². The third-order valence-corrected chi connectivity index (χ3v) is 4.84. The summed E-state index contributed by atoms with van der Waals surface area (Å²) < 4.78 is 5.82. The van der Waals surface area contributed by atoms with Crippen molar-refractivity contribution in [2.45, 2.75) is 59.6 Å². The van der Waals surface area contributed by atoms with Crippen LogP contribution in [-0.2, 0) is 4.74 Å². The third kappa shape index (κ3) is 6.30. The lowest BCUT2D eigenvalue weighted by Crippen LogP contribution is -2.44. The molecule has 0 bridgehead atoms. The highest BCUT2D eigenvalue weighted by molar-refractivity contribution is 5.80. The van der Waals surface area contributed by atoms with Crippen LogP contribution in [0.3, 0.4) is 0 Å². The van der Waals surface area contributed by atoms with Crippen molar-refractivity contribution in [1.29, 1.82) is 0 Å². The van der Waals surface area contributed by atoms with Crippen molar-refractivity contribution in [3.05, 3.63) is 0 Å². The van der Waals surface area contributed by atoms with Crippen LogP contribution in [0.1, 0.15) is 47.5 Å². The molecule has 0 aromatic rings. The van der Waals surface area contributed by atoms with Crippen LogP contribution in [0.15, 0.2) is 4.99 Å². The summed E-state index contributed by atoms with van der Waals surface area (Å²) in [5.74, 6) is 1.59. The quantitative estimate of drug-likeness (QED) is 0.522. The normalized spacial score (nSPS) is 20.6. The molecule has 2 atom stereocenters. The van der Waals surface area contributed by atoms with Gasteiger partial charge >= 0.3 is 0 Å². The first-order chi connectivity index (χ1) is 11.1. The van der Waals surface area contributed by atoms with Gasteiger partial charge in [-0.3, -0.25) is 9.89 Å². The highest BCUT2D eigenvalue weighted by atomic mass is 16.5. The van der Waals surface area contributed by atoms with Gasteiger partial charge in [0.1, 0.15) is 0 Å². The van der Waals surface area contributed by atoms with E-state index >= 15 is 0 Å². The second kappa shape index (κ2) is 10.9. The molecule has 0 spiro atoms. The lowest BCUT2D eigenvalue weighted by Gasteiger charge is -2.27. The van der Waals surface area contributed by atoms with Crippen LogP contribution < -0.4 is 5.32 Å². The molecule has 136 valence electrons. The smallest absolute Gasteiger partial charge is 0.193 e. The monoisotopic (exact) mass is 326 g/mol. The van der Waals surface area contributed by atoms with Crippen molar-refractivity contribution in [2.24, 2.45) is 10.9 Å². The highest BCUT2D eigenvalue weighted by Crippen LogP contribution is 2.16. The molecule has 1 aliphatic rings. The largest absolute Gasteiger partial charge is 0.378 e. The molecule has 1 rings (SSSR count). The fraction of sp³-hybridized carbons (Fsp3) is 0.944. The molecule has 0 saturated carbocycles. The van der Waals surface area contributed by atoms with Gasteiger partial charge in [0.15, 0.2) is 5.96 Å². The fourth-order valence-corrected chi connectivity index (χ4v) is 3.45. The second-order valence-corrected chi connectivity index (χ2v) is 6.61. The van der Waals surface area contributed by atoms with Crippen LogP contribution in [0.2, 0.25) is 0 Å². The summed E-state index contributed by atoms with van der Waals surface area (Å²) in [6.07, 6.45) is 2.58. The summed E-state index contributed by atoms with van der Waals surface area (Å²) in [4.78, 5) is 9.42. The molecule has 1 aliphatic heterocycles. The molecular weight excluding hydrogens is 288 g/mol. The minimum atomic E-state index is 0.326. The summed E-state index contributed by atoms with van der Waals surface area (Å²) >= 11 is 0. The number of likely N-dealkylation sites (N-methyl/N-ethyl adjacent to an activating group) is 1. The summed E-state index contributed by atoms with van der Waals surface area (Å²) in [6.45, 7) is 17.2. The molecule has 5 heteroatoms. The van der Waals surface area contributed by atoms with Gasteiger partial charge in [-0.2, -0.15) is 0 Å². The fourth-order valence-electron chi connectivity index (χ4n) is 3.45. The van der Waals surface area contributed by atoms with Gasteiger partial charge in [-0.25, -0.2) is 0 Å². The van der Waals surface area contributed by atoms with E-state index in [-0.39, 0.29) is 0 Å². The molecule has 2 unspecified atom stereocenters. The maximum Gasteiger partial charge on any atom is 0.193 e. The molecule has 0 radical (unpaired) electrons. The minimum absolute atomic E-state index is 0.326. The average Bonchev–Trinajstić information content (AvgIpc) is 3.01. The Morgan fingerprint density at radius 2 is 2.00 bits per heavy atom. The Morgan fingerprint density at radius 3 is 2.52 bits per heavy atom. The Bertz CT molecular complexity index is 342. The molecule has 1 fully saturated rings. The Labute approximate surface area is 143 Å². The van der Waals surface area contributed by atoms with E-state index in [1.165, 1.54) is 6.42 Å². The highest BCUT2D eigenvalue weighted by Gasteiger charge is 2.28. The van der Waals surface area contributed by atoms with Crippen LogP contribution in [-0.4, -0.2) is 74.3 Å². The average molecular weight is 327 g/mol. The van der Waals surface area contributed by atoms with Gasteiger partial charge in [-0.05, 0) is 38.8 Å². The topological polar surface area (TPSA) is 40.1 Å². The van der Waals surface area contributed by atoms with Crippen LogP contribution in [0.25, 0.3) is 0 Å². The maximum absolute atomic E-state index is 5.82. The summed E-state index contributed by atoms with van der Waals surface area (Å²) in [7, 11) is 1.88. The van der Waals surface area contributed by atoms with Crippen molar-refractivity contribution in [2.75, 3.05) is 46.4 Å². The zero-order chi connectivity index (χ0) is 17.2. The SMILES string of the molecule is CCOC(CCNC(=NC)N1CCC(N(CC)CC)C1)C(C)C. The molecule has 1 heterocycles. The summed E-state index contributed by atoms with van der Waals surface area (Å²) in [6, 6.07) is 0.662. The Balaban J connectivity index is 2.43. The van der Waals surface area contributed by atoms with E-state index in [0.717, 1.165) is 51.7 Å². The van der Waals surface area contributed by atoms with E-state index in [9.17, 15) is 0 Å². The van der Waals surface area contributed by atoms with Crippen molar-refractivity contribution < 1.29 is 4.74 Å². The van der Waals surface area contributed by atoms with Crippen LogP contribution >= 0.6 is 0 Å². The van der Waals surface area contributed by atoms with Gasteiger partial charge in [0, 0.05) is 39.3 Å². The number of hydrogen-bond acceptors (Lipinski definition) is 3. The van der Waals surface area contributed by atoms with E-state index in [4.69, 9.17) is 4.74 Å². The number of ether oxygens (including phenoxy) is 1. The van der Waals surface area contributed by atoms with E-state index in [1.54, 1.807) is 0 Å². The van der Waals surface area contributed by atoms with Crippen LogP contribution in [0.4, 0.5) is 0 Å². The summed E-state index contributed by atoms with van der Waals surface area (Å²) in [5, 5.41) is 3.53. The Kier molecular flexibility index (Phi) is 9.56. The lowest BCUT2D eigenvalue weighted by atomic mass is 10.0. The van der Waals surface area contributed by atoms with Crippen molar-refractivity contribution in [1.82, 2.24) is 15.1 Å². The third-order valence-electron chi connectivity index (χ3n) is 4.84. The van der Waals surface area contributed by atoms with Gasteiger partial charge < -0.3 is 15.0 Å². The number of aliphatic imine (C=N–C) groups is 1. The predicted molar refractivity (Wildman–Crippen MR) is 99.1 cm³/mol. The number of hydrogen-bond donors (Lipinski definition) is 1. The van der Waals surface area contributed by atoms with Crippen molar-refractivity contribution in [3.8, 4) is 0 Å². The standard InChI is InChI=1S/C18H38N4O/c1-7-21(8-2)16-11-13-22(14-16)18(19-6)20-12-10-17(15(4)5)23-9-3/h15-17H,7-14H2,1-6H3,(H,19,20). The molecule has 23 heavy (non-hydrogen) atoms. The van der Waals surface area contributed by atoms with E-state index < -0.39 is 0 Å². The van der Waals surface area contributed by atoms with Gasteiger partial charge in [-0.15, -0.1) is 0 Å². The molecule has 5 nitrogen and oxygen atoms in total. The van der Waals surface area contributed by atoms with E-state index in [2.05, 4.69) is 54.7 Å². The maximum atomic E-state index is 5.82. The van der Waals surface area contributed by atoms with E-state index in [1.807, 2.05) is 7.05 Å². The zero-order valence-electron chi connectivity index (χ0n) is 16.1. The Morgan fingerprint density at radius 1 is 1.30 bits per heavy atom. The van der Waals surface area contributed by atoms with Gasteiger partial charge in [0.05, 0.1) is 6.10 Å². The van der Waals surface area contributed by atoms with E-state index in [0.29, 0.717) is 18.1 Å². The number of guanidine groups is 1. The minimum Gasteiger partial charge on any atom is -0.378 e. The first kappa shape index (κ1) is 20.2. The molecular formula is C18H38N4O. The number of nitrogens with zero attached hydrogens (tertiary/aromatic N) is 3. The first-order valence-corrected chi connectivity index (χ1v) is 9.38. The number of rotatable bonds is 9.